The van der Waals surface area contributed by atoms with Crippen molar-refractivity contribution in [3.05, 3.63) is 28.7 Å². The fourth-order valence-electron chi connectivity index (χ4n) is 2.51. The number of nitrogens with one attached hydrogen (secondary N) is 1. The predicted molar refractivity (Wildman–Crippen MR) is 95.3 cm³/mol. The number of amides is 1. The van der Waals surface area contributed by atoms with Gasteiger partial charge in [0.15, 0.2) is 0 Å². The second-order valence-electron chi connectivity index (χ2n) is 6.78. The molecule has 0 radical (unpaired) electrons. The molecule has 1 saturated heterocycles. The van der Waals surface area contributed by atoms with Crippen molar-refractivity contribution < 1.29 is 17.9 Å². The Morgan fingerprint density at radius 3 is 2.54 bits per heavy atom. The lowest BCUT2D eigenvalue weighted by atomic mass is 10.2. The van der Waals surface area contributed by atoms with E-state index in [1.807, 2.05) is 20.8 Å². The van der Waals surface area contributed by atoms with E-state index >= 15 is 0 Å². The summed E-state index contributed by atoms with van der Waals surface area (Å²) < 4.78 is 33.5. The molecule has 0 bridgehead atoms. The lowest BCUT2D eigenvalue weighted by Crippen LogP contribution is -2.45. The van der Waals surface area contributed by atoms with Gasteiger partial charge in [0, 0.05) is 23.6 Å². The van der Waals surface area contributed by atoms with Crippen molar-refractivity contribution in [3.8, 4) is 0 Å². The predicted octanol–water partition coefficient (Wildman–Crippen LogP) is 3.13. The van der Waals surface area contributed by atoms with Crippen LogP contribution in [0.5, 0.6) is 0 Å². The van der Waals surface area contributed by atoms with Crippen LogP contribution in [0.1, 0.15) is 33.6 Å². The third-order valence-corrected chi connectivity index (χ3v) is 5.61. The van der Waals surface area contributed by atoms with E-state index in [0.717, 1.165) is 17.3 Å². The maximum Gasteiger partial charge on any atom is 0.410 e. The summed E-state index contributed by atoms with van der Waals surface area (Å²) in [5.41, 5.74) is -0.568. The zero-order valence-corrected chi connectivity index (χ0v) is 16.5. The summed E-state index contributed by atoms with van der Waals surface area (Å²) in [4.78, 5) is 14.0. The molecule has 1 aliphatic heterocycles. The minimum atomic E-state index is -3.60. The summed E-state index contributed by atoms with van der Waals surface area (Å²) >= 11 is 3.28. The summed E-state index contributed by atoms with van der Waals surface area (Å²) in [6.45, 7) is 6.20. The van der Waals surface area contributed by atoms with Gasteiger partial charge in [0.1, 0.15) is 5.60 Å². The standard InChI is InChI=1S/C16H23BrN2O4S/c1-16(2,3)23-15(20)19-10-4-5-13(19)11-18-24(21,22)14-8-6-12(17)7-9-14/h6-9,13,18H,4-5,10-11H2,1-3H3/t13-/m1/s1. The molecule has 1 fully saturated rings. The van der Waals surface area contributed by atoms with Gasteiger partial charge in [-0.1, -0.05) is 15.9 Å². The molecule has 1 aromatic rings. The smallest absolute Gasteiger partial charge is 0.410 e. The number of carbonyl (C=O) groups is 1. The van der Waals surface area contributed by atoms with Gasteiger partial charge in [-0.15, -0.1) is 0 Å². The molecule has 1 N–H and O–H groups in total. The Balaban J connectivity index is 1.99. The molecule has 0 aromatic heterocycles. The van der Waals surface area contributed by atoms with Crippen molar-refractivity contribution in [2.24, 2.45) is 0 Å². The van der Waals surface area contributed by atoms with Crippen LogP contribution in [0.15, 0.2) is 33.6 Å². The van der Waals surface area contributed by atoms with E-state index in [-0.39, 0.29) is 17.5 Å². The molecule has 6 nitrogen and oxygen atoms in total. The fraction of sp³-hybridized carbons (Fsp3) is 0.562. The largest absolute Gasteiger partial charge is 0.444 e. The van der Waals surface area contributed by atoms with Gasteiger partial charge in [-0.2, -0.15) is 0 Å². The molecule has 2 rings (SSSR count). The summed E-state index contributed by atoms with van der Waals surface area (Å²) in [7, 11) is -3.60. The zero-order chi connectivity index (χ0) is 18.0. The number of sulfonamides is 1. The Morgan fingerprint density at radius 1 is 1.33 bits per heavy atom. The van der Waals surface area contributed by atoms with E-state index < -0.39 is 21.7 Å². The fourth-order valence-corrected chi connectivity index (χ4v) is 3.85. The Labute approximate surface area is 151 Å². The molecular weight excluding hydrogens is 396 g/mol. The maximum absolute atomic E-state index is 12.3. The molecule has 8 heteroatoms. The number of hydrogen-bond acceptors (Lipinski definition) is 4. The summed E-state index contributed by atoms with van der Waals surface area (Å²) in [6, 6.07) is 6.23. The van der Waals surface area contributed by atoms with Crippen LogP contribution in [0.2, 0.25) is 0 Å². The summed E-state index contributed by atoms with van der Waals surface area (Å²) in [5, 5.41) is 0. The average Bonchev–Trinajstić information content (AvgIpc) is 2.92. The minimum Gasteiger partial charge on any atom is -0.444 e. The van der Waals surface area contributed by atoms with Gasteiger partial charge in [-0.3, -0.25) is 0 Å². The molecule has 1 amide bonds. The maximum atomic E-state index is 12.3. The second kappa shape index (κ2) is 7.41. The van der Waals surface area contributed by atoms with Crippen molar-refractivity contribution in [1.82, 2.24) is 9.62 Å². The van der Waals surface area contributed by atoms with E-state index in [9.17, 15) is 13.2 Å². The summed E-state index contributed by atoms with van der Waals surface area (Å²) in [6.07, 6.45) is 1.19. The number of ether oxygens (including phenoxy) is 1. The molecule has 1 atom stereocenters. The van der Waals surface area contributed by atoms with E-state index in [1.165, 1.54) is 12.1 Å². The van der Waals surface area contributed by atoms with Crippen molar-refractivity contribution in [1.29, 1.82) is 0 Å². The first-order valence-corrected chi connectivity index (χ1v) is 10.1. The number of benzene rings is 1. The lowest BCUT2D eigenvalue weighted by molar-refractivity contribution is 0.0229. The third kappa shape index (κ3) is 5.19. The van der Waals surface area contributed by atoms with Gasteiger partial charge >= 0.3 is 6.09 Å². The van der Waals surface area contributed by atoms with Crippen LogP contribution in [0.4, 0.5) is 4.79 Å². The number of hydrogen-bond donors (Lipinski definition) is 1. The first kappa shape index (κ1) is 19.2. The topological polar surface area (TPSA) is 75.7 Å². The molecule has 1 aromatic carbocycles. The molecule has 0 saturated carbocycles. The molecule has 24 heavy (non-hydrogen) atoms. The molecule has 1 heterocycles. The highest BCUT2D eigenvalue weighted by atomic mass is 79.9. The highest BCUT2D eigenvalue weighted by Crippen LogP contribution is 2.21. The quantitative estimate of drug-likeness (QED) is 0.814. The van der Waals surface area contributed by atoms with E-state index in [2.05, 4.69) is 20.7 Å². The van der Waals surface area contributed by atoms with Gasteiger partial charge in [0.25, 0.3) is 0 Å². The van der Waals surface area contributed by atoms with Crippen molar-refractivity contribution >= 4 is 32.0 Å². The summed E-state index contributed by atoms with van der Waals surface area (Å²) in [5.74, 6) is 0. The first-order valence-electron chi connectivity index (χ1n) is 7.83. The van der Waals surface area contributed by atoms with Gasteiger partial charge in [-0.05, 0) is 57.9 Å². The monoisotopic (exact) mass is 418 g/mol. The van der Waals surface area contributed by atoms with E-state index in [4.69, 9.17) is 4.74 Å². The SMILES string of the molecule is CC(C)(C)OC(=O)N1CCC[C@@H]1CNS(=O)(=O)c1ccc(Br)cc1. The highest BCUT2D eigenvalue weighted by Gasteiger charge is 2.32. The molecule has 0 spiro atoms. The van der Waals surface area contributed by atoms with Crippen molar-refractivity contribution in [2.75, 3.05) is 13.1 Å². The Morgan fingerprint density at radius 2 is 1.96 bits per heavy atom. The second-order valence-corrected chi connectivity index (χ2v) is 9.46. The van der Waals surface area contributed by atoms with Gasteiger partial charge < -0.3 is 9.64 Å². The average molecular weight is 419 g/mol. The van der Waals surface area contributed by atoms with Gasteiger partial charge in [-0.25, -0.2) is 17.9 Å². The van der Waals surface area contributed by atoms with Crippen LogP contribution in [0.3, 0.4) is 0 Å². The zero-order valence-electron chi connectivity index (χ0n) is 14.1. The highest BCUT2D eigenvalue weighted by molar-refractivity contribution is 9.10. The van der Waals surface area contributed by atoms with Crippen LogP contribution in [-0.2, 0) is 14.8 Å². The van der Waals surface area contributed by atoms with Gasteiger partial charge in [0.05, 0.1) is 4.90 Å². The molecule has 1 aliphatic rings. The minimum absolute atomic E-state index is 0.178. The Bertz CT molecular complexity index is 683. The van der Waals surface area contributed by atoms with Crippen LogP contribution >= 0.6 is 15.9 Å². The van der Waals surface area contributed by atoms with Gasteiger partial charge in [0.2, 0.25) is 10.0 Å². The van der Waals surface area contributed by atoms with Crippen molar-refractivity contribution in [2.45, 2.75) is 50.2 Å². The molecule has 0 unspecified atom stereocenters. The lowest BCUT2D eigenvalue weighted by Gasteiger charge is -2.28. The van der Waals surface area contributed by atoms with Crippen LogP contribution < -0.4 is 4.72 Å². The third-order valence-electron chi connectivity index (χ3n) is 3.64. The number of halogens is 1. The van der Waals surface area contributed by atoms with Crippen molar-refractivity contribution in [3.63, 3.8) is 0 Å². The van der Waals surface area contributed by atoms with E-state index in [1.54, 1.807) is 17.0 Å². The van der Waals surface area contributed by atoms with Crippen LogP contribution in [0.25, 0.3) is 0 Å². The number of likely N-dealkylation sites (tertiary alicyclic amines) is 1. The number of rotatable bonds is 4. The number of nitrogens with zero attached hydrogens (tertiary/aromatic N) is 1. The Hall–Kier alpha value is -1.12. The number of carbonyl (C=O) groups excluding carboxylic acids is 1. The normalized spacial score (nSPS) is 18.7. The molecule has 0 aliphatic carbocycles. The molecule has 134 valence electrons. The Kier molecular flexibility index (Phi) is 5.93. The van der Waals surface area contributed by atoms with Crippen LogP contribution in [-0.4, -0.2) is 44.1 Å². The first-order chi connectivity index (χ1) is 11.1. The van der Waals surface area contributed by atoms with E-state index in [0.29, 0.717) is 6.54 Å². The molecular formula is C16H23BrN2O4S. The van der Waals surface area contributed by atoms with Crippen LogP contribution in [0, 0.1) is 0 Å².